The summed E-state index contributed by atoms with van der Waals surface area (Å²) in [6.45, 7) is 5.31. The second kappa shape index (κ2) is 8.19. The summed E-state index contributed by atoms with van der Waals surface area (Å²) < 4.78 is 0. The van der Waals surface area contributed by atoms with Crippen LogP contribution in [0.15, 0.2) is 0 Å². The maximum absolute atomic E-state index is 10.1. The summed E-state index contributed by atoms with van der Waals surface area (Å²) in [5.74, 6) is -1.52. The fourth-order valence-electron chi connectivity index (χ4n) is 0.609. The quantitative estimate of drug-likeness (QED) is 0.522. The number of rotatable bonds is 4. The molecule has 6 heteroatoms. The van der Waals surface area contributed by atoms with Gasteiger partial charge in [-0.15, -0.1) is 0 Å². The molecule has 0 aromatic carbocycles. The highest BCUT2D eigenvalue weighted by Crippen LogP contribution is 2.01. The molecule has 0 fully saturated rings. The van der Waals surface area contributed by atoms with E-state index in [4.69, 9.17) is 21.7 Å². The summed E-state index contributed by atoms with van der Waals surface area (Å²) in [6.07, 6.45) is 0.551. The van der Waals surface area contributed by atoms with Crippen LogP contribution in [0.4, 0.5) is 0 Å². The van der Waals surface area contributed by atoms with Gasteiger partial charge in [-0.25, -0.2) is 0 Å². The lowest BCUT2D eigenvalue weighted by atomic mass is 10.1. The van der Waals surface area contributed by atoms with Crippen LogP contribution in [0.25, 0.3) is 0 Å². The summed E-state index contributed by atoms with van der Waals surface area (Å²) in [6, 6.07) is -1.42. The zero-order valence-corrected chi connectivity index (χ0v) is 9.30. The van der Waals surface area contributed by atoms with Gasteiger partial charge in [0, 0.05) is 0 Å². The third-order valence-corrected chi connectivity index (χ3v) is 1.43. The van der Waals surface area contributed by atoms with Crippen molar-refractivity contribution in [3.8, 4) is 0 Å². The molecular formula is C9H20N2O4. The van der Waals surface area contributed by atoms with E-state index in [1.807, 2.05) is 13.8 Å². The van der Waals surface area contributed by atoms with Gasteiger partial charge in [-0.3, -0.25) is 9.59 Å². The normalized spacial score (nSPS) is 13.7. The van der Waals surface area contributed by atoms with Crippen LogP contribution in [0.3, 0.4) is 0 Å². The van der Waals surface area contributed by atoms with Crippen molar-refractivity contribution >= 4 is 11.9 Å². The van der Waals surface area contributed by atoms with Gasteiger partial charge >= 0.3 is 11.9 Å². The predicted octanol–water partition coefficient (Wildman–Crippen LogP) is -0.137. The molecule has 0 saturated carbocycles. The van der Waals surface area contributed by atoms with Crippen molar-refractivity contribution in [1.29, 1.82) is 0 Å². The lowest BCUT2D eigenvalue weighted by Crippen LogP contribution is -2.31. The van der Waals surface area contributed by atoms with Gasteiger partial charge in [-0.2, -0.15) is 0 Å². The van der Waals surface area contributed by atoms with Gasteiger partial charge in [0.15, 0.2) is 0 Å². The Balaban J connectivity index is 0. The van der Waals surface area contributed by atoms with Crippen LogP contribution in [0.2, 0.25) is 0 Å². The molecule has 0 aliphatic carbocycles. The first-order valence-corrected chi connectivity index (χ1v) is 4.65. The van der Waals surface area contributed by atoms with Gasteiger partial charge in [-0.05, 0) is 19.3 Å². The lowest BCUT2D eigenvalue weighted by molar-refractivity contribution is -0.139. The molecule has 0 spiro atoms. The highest BCUT2D eigenvalue weighted by atomic mass is 16.4. The van der Waals surface area contributed by atoms with Crippen molar-refractivity contribution < 1.29 is 19.8 Å². The van der Waals surface area contributed by atoms with E-state index in [-0.39, 0.29) is 0 Å². The Morgan fingerprint density at radius 3 is 1.47 bits per heavy atom. The van der Waals surface area contributed by atoms with Crippen molar-refractivity contribution in [1.82, 2.24) is 0 Å². The Bertz CT molecular complexity index is 204. The minimum absolute atomic E-state index is 0.357. The Labute approximate surface area is 89.3 Å². The first kappa shape index (κ1) is 16.3. The highest BCUT2D eigenvalue weighted by molar-refractivity contribution is 5.73. The van der Waals surface area contributed by atoms with E-state index < -0.39 is 24.0 Å². The molecule has 0 amide bonds. The maximum atomic E-state index is 10.1. The minimum Gasteiger partial charge on any atom is -0.480 e. The molecule has 15 heavy (non-hydrogen) atoms. The van der Waals surface area contributed by atoms with Crippen molar-refractivity contribution in [2.24, 2.45) is 17.4 Å². The third-order valence-electron chi connectivity index (χ3n) is 1.43. The average Bonchev–Trinajstić information content (AvgIpc) is 2.03. The Morgan fingerprint density at radius 2 is 1.40 bits per heavy atom. The predicted molar refractivity (Wildman–Crippen MR) is 56.4 cm³/mol. The van der Waals surface area contributed by atoms with Crippen molar-refractivity contribution in [3.63, 3.8) is 0 Å². The third kappa shape index (κ3) is 12.9. The van der Waals surface area contributed by atoms with E-state index in [0.29, 0.717) is 12.3 Å². The highest BCUT2D eigenvalue weighted by Gasteiger charge is 2.11. The number of carbonyl (C=O) groups is 2. The standard InChI is InChI=1S/C6H13NO2.C3H7NO2/c1-4(2)3-5(7)6(8)9;1-2(4)3(5)6/h4-5H,3,7H2,1-2H3,(H,8,9);2H,4H2,1H3,(H,5,6)/t5-;2-/m01/s1. The van der Waals surface area contributed by atoms with Gasteiger partial charge in [0.05, 0.1) is 0 Å². The van der Waals surface area contributed by atoms with Crippen LogP contribution >= 0.6 is 0 Å². The Kier molecular flexibility index (Phi) is 8.90. The van der Waals surface area contributed by atoms with Crippen LogP contribution < -0.4 is 11.5 Å². The summed E-state index contributed by atoms with van der Waals surface area (Å²) in [5, 5.41) is 16.2. The van der Waals surface area contributed by atoms with E-state index in [1.54, 1.807) is 0 Å². The molecule has 6 nitrogen and oxygen atoms in total. The minimum atomic E-state index is -0.963. The molecule has 0 bridgehead atoms. The molecule has 0 heterocycles. The smallest absolute Gasteiger partial charge is 0.320 e. The van der Waals surface area contributed by atoms with E-state index in [9.17, 15) is 9.59 Å². The van der Waals surface area contributed by atoms with E-state index >= 15 is 0 Å². The second-order valence-electron chi connectivity index (χ2n) is 3.70. The van der Waals surface area contributed by atoms with E-state index in [2.05, 4.69) is 0 Å². The van der Waals surface area contributed by atoms with Crippen molar-refractivity contribution in [3.05, 3.63) is 0 Å². The zero-order valence-electron chi connectivity index (χ0n) is 9.30. The van der Waals surface area contributed by atoms with Gasteiger partial charge in [0.1, 0.15) is 12.1 Å². The van der Waals surface area contributed by atoms with Gasteiger partial charge in [-0.1, -0.05) is 13.8 Å². The van der Waals surface area contributed by atoms with Crippen LogP contribution in [-0.2, 0) is 9.59 Å². The van der Waals surface area contributed by atoms with Crippen LogP contribution in [0, 0.1) is 5.92 Å². The number of hydrogen-bond donors (Lipinski definition) is 4. The fourth-order valence-corrected chi connectivity index (χ4v) is 0.609. The Morgan fingerprint density at radius 1 is 1.07 bits per heavy atom. The molecule has 0 aliphatic heterocycles. The largest absolute Gasteiger partial charge is 0.480 e. The van der Waals surface area contributed by atoms with Crippen LogP contribution in [0.1, 0.15) is 27.2 Å². The van der Waals surface area contributed by atoms with Crippen LogP contribution in [0.5, 0.6) is 0 Å². The molecule has 0 aromatic rings. The fraction of sp³-hybridized carbons (Fsp3) is 0.778. The number of nitrogens with two attached hydrogens (primary N) is 2. The first-order valence-electron chi connectivity index (χ1n) is 4.65. The maximum Gasteiger partial charge on any atom is 0.320 e. The molecule has 2 atom stereocenters. The molecule has 6 N–H and O–H groups in total. The van der Waals surface area contributed by atoms with Gasteiger partial charge in [0.25, 0.3) is 0 Å². The molecule has 0 rings (SSSR count). The molecule has 0 unspecified atom stereocenters. The van der Waals surface area contributed by atoms with Gasteiger partial charge < -0.3 is 21.7 Å². The summed E-state index contributed by atoms with van der Waals surface area (Å²) in [7, 11) is 0. The number of hydrogen-bond acceptors (Lipinski definition) is 4. The summed E-state index contributed by atoms with van der Waals surface area (Å²) in [4.78, 5) is 19.7. The average molecular weight is 220 g/mol. The number of aliphatic carboxylic acids is 2. The topological polar surface area (TPSA) is 127 Å². The SMILES string of the molecule is CC(C)C[C@H](N)C(=O)O.C[C@@H](N)C(=O)O. The number of carboxylic acid groups (broad SMARTS) is 2. The zero-order chi connectivity index (χ0) is 12.6. The molecular weight excluding hydrogens is 200 g/mol. The van der Waals surface area contributed by atoms with Crippen LogP contribution in [-0.4, -0.2) is 34.2 Å². The van der Waals surface area contributed by atoms with Gasteiger partial charge in [0.2, 0.25) is 0 Å². The van der Waals surface area contributed by atoms with Crippen molar-refractivity contribution in [2.75, 3.05) is 0 Å². The molecule has 0 aliphatic rings. The first-order chi connectivity index (χ1) is 6.68. The number of carboxylic acids is 2. The van der Waals surface area contributed by atoms with E-state index in [1.165, 1.54) is 6.92 Å². The summed E-state index contributed by atoms with van der Waals surface area (Å²) in [5.41, 5.74) is 10.1. The summed E-state index contributed by atoms with van der Waals surface area (Å²) >= 11 is 0. The van der Waals surface area contributed by atoms with E-state index in [0.717, 1.165) is 0 Å². The lowest BCUT2D eigenvalue weighted by Gasteiger charge is -2.07. The molecule has 0 saturated heterocycles. The Hall–Kier alpha value is -1.14. The monoisotopic (exact) mass is 220 g/mol. The molecule has 90 valence electrons. The second-order valence-corrected chi connectivity index (χ2v) is 3.70. The molecule has 0 aromatic heterocycles. The molecule has 0 radical (unpaired) electrons. The van der Waals surface area contributed by atoms with Crippen molar-refractivity contribution in [2.45, 2.75) is 39.3 Å².